The first-order valence-corrected chi connectivity index (χ1v) is 10.9. The van der Waals surface area contributed by atoms with Crippen molar-refractivity contribution in [3.8, 4) is 5.69 Å². The van der Waals surface area contributed by atoms with Gasteiger partial charge >= 0.3 is 6.18 Å². The zero-order valence-corrected chi connectivity index (χ0v) is 18.3. The molecule has 2 aliphatic rings. The molecule has 0 unspecified atom stereocenters. The van der Waals surface area contributed by atoms with Gasteiger partial charge in [0, 0.05) is 13.1 Å². The van der Waals surface area contributed by atoms with Crippen molar-refractivity contribution in [1.82, 2.24) is 25.1 Å². The van der Waals surface area contributed by atoms with Crippen LogP contribution in [0.5, 0.6) is 0 Å². The van der Waals surface area contributed by atoms with Crippen LogP contribution in [0.25, 0.3) is 5.69 Å². The molecule has 4 rings (SSSR count). The van der Waals surface area contributed by atoms with Crippen LogP contribution in [0.2, 0.25) is 0 Å². The zero-order valence-electron chi connectivity index (χ0n) is 18.3. The molecule has 2 fully saturated rings. The Balaban J connectivity index is 1.74. The summed E-state index contributed by atoms with van der Waals surface area (Å²) in [6.45, 7) is 9.60. The maximum Gasteiger partial charge on any atom is 0.416 e. The van der Waals surface area contributed by atoms with E-state index in [-0.39, 0.29) is 5.41 Å². The fraction of sp³-hybridized carbons (Fsp3) is 0.682. The lowest BCUT2D eigenvalue weighted by atomic mass is 9.66. The number of alkyl halides is 3. The number of hydrogen-bond donors (Lipinski definition) is 0. The summed E-state index contributed by atoms with van der Waals surface area (Å²) in [6.07, 6.45) is -0.633. The number of ether oxygens (including phenoxy) is 1. The molecule has 1 aliphatic carbocycles. The van der Waals surface area contributed by atoms with Gasteiger partial charge in [-0.3, -0.25) is 4.90 Å². The smallest absolute Gasteiger partial charge is 0.379 e. The summed E-state index contributed by atoms with van der Waals surface area (Å²) in [7, 11) is 0. The van der Waals surface area contributed by atoms with Gasteiger partial charge in [-0.2, -0.15) is 17.9 Å². The van der Waals surface area contributed by atoms with Gasteiger partial charge in [-0.15, -0.1) is 5.10 Å². The molecule has 1 saturated heterocycles. The van der Waals surface area contributed by atoms with Crippen molar-refractivity contribution in [3.05, 3.63) is 35.7 Å². The van der Waals surface area contributed by atoms with E-state index in [0.29, 0.717) is 30.6 Å². The lowest BCUT2D eigenvalue weighted by Gasteiger charge is -2.50. The highest BCUT2D eigenvalue weighted by Gasteiger charge is 2.48. The summed E-state index contributed by atoms with van der Waals surface area (Å²) >= 11 is 0. The summed E-state index contributed by atoms with van der Waals surface area (Å²) < 4.78 is 47.0. The topological polar surface area (TPSA) is 56.1 Å². The summed E-state index contributed by atoms with van der Waals surface area (Å²) in [5.74, 6) is 1.21. The van der Waals surface area contributed by atoms with Crippen molar-refractivity contribution in [2.45, 2.75) is 58.2 Å². The Bertz CT molecular complexity index is 891. The first kappa shape index (κ1) is 22.2. The van der Waals surface area contributed by atoms with Crippen molar-refractivity contribution in [2.75, 3.05) is 26.3 Å². The van der Waals surface area contributed by atoms with Crippen molar-refractivity contribution in [2.24, 2.45) is 11.3 Å². The maximum absolute atomic E-state index is 13.3. The third-order valence-corrected chi connectivity index (χ3v) is 6.96. The molecule has 1 saturated carbocycles. The lowest BCUT2D eigenvalue weighted by Crippen LogP contribution is -2.54. The Morgan fingerprint density at radius 1 is 1.06 bits per heavy atom. The Hall–Kier alpha value is -2.00. The van der Waals surface area contributed by atoms with Gasteiger partial charge in [0.05, 0.1) is 30.0 Å². The Morgan fingerprint density at radius 3 is 2.35 bits per heavy atom. The summed E-state index contributed by atoms with van der Waals surface area (Å²) in [4.78, 5) is 2.38. The molecule has 170 valence electrons. The average molecular weight is 438 g/mol. The lowest BCUT2D eigenvalue weighted by molar-refractivity contribution is -0.137. The molecule has 2 aromatic rings. The minimum Gasteiger partial charge on any atom is -0.379 e. The SMILES string of the molecule is CC(C)(C)C1CCC(c2nnnn2-c2cccc(C(F)(F)F)c2)(N2CCOCC2)CC1. The minimum atomic E-state index is -4.42. The predicted octanol–water partition coefficient (Wildman–Crippen LogP) is 4.44. The highest BCUT2D eigenvalue weighted by Crippen LogP contribution is 2.48. The van der Waals surface area contributed by atoms with Crippen LogP contribution < -0.4 is 0 Å². The van der Waals surface area contributed by atoms with Gasteiger partial charge in [0.25, 0.3) is 0 Å². The van der Waals surface area contributed by atoms with Crippen molar-refractivity contribution in [3.63, 3.8) is 0 Å². The second-order valence-electron chi connectivity index (χ2n) is 9.73. The van der Waals surface area contributed by atoms with Crippen LogP contribution in [-0.4, -0.2) is 51.4 Å². The molecule has 0 bridgehead atoms. The molecule has 0 spiro atoms. The fourth-order valence-electron chi connectivity index (χ4n) is 5.10. The molecule has 1 aromatic heterocycles. The number of aromatic nitrogens is 4. The normalized spacial score (nSPS) is 26.2. The van der Waals surface area contributed by atoms with Crippen molar-refractivity contribution >= 4 is 0 Å². The van der Waals surface area contributed by atoms with Gasteiger partial charge in [0.15, 0.2) is 5.82 Å². The number of halogens is 3. The molecule has 0 N–H and O–H groups in total. The van der Waals surface area contributed by atoms with Crippen LogP contribution in [0.4, 0.5) is 13.2 Å². The molecule has 0 radical (unpaired) electrons. The third kappa shape index (κ3) is 4.35. The fourth-order valence-corrected chi connectivity index (χ4v) is 5.10. The summed E-state index contributed by atoms with van der Waals surface area (Å²) in [5.41, 5.74) is -0.573. The van der Waals surface area contributed by atoms with E-state index in [1.54, 1.807) is 6.07 Å². The van der Waals surface area contributed by atoms with E-state index in [1.807, 2.05) is 0 Å². The standard InChI is InChI=1S/C22H30F3N5O/c1-20(2,3)16-7-9-21(10-8-16,29-11-13-31-14-12-29)19-26-27-28-30(19)18-6-4-5-17(15-18)22(23,24)25/h4-6,15-16H,7-14H2,1-3H3. The van der Waals surface area contributed by atoms with E-state index in [0.717, 1.165) is 50.9 Å². The van der Waals surface area contributed by atoms with Crippen molar-refractivity contribution < 1.29 is 17.9 Å². The molecule has 2 heterocycles. The second kappa shape index (κ2) is 8.16. The van der Waals surface area contributed by atoms with Crippen LogP contribution in [0.1, 0.15) is 57.8 Å². The third-order valence-electron chi connectivity index (χ3n) is 6.96. The van der Waals surface area contributed by atoms with E-state index in [9.17, 15) is 13.2 Å². The number of benzene rings is 1. The average Bonchev–Trinajstić information content (AvgIpc) is 3.24. The van der Waals surface area contributed by atoms with Crippen LogP contribution >= 0.6 is 0 Å². The molecule has 0 atom stereocenters. The molecule has 1 aromatic carbocycles. The van der Waals surface area contributed by atoms with Gasteiger partial charge in [0.1, 0.15) is 0 Å². The van der Waals surface area contributed by atoms with E-state index in [1.165, 1.54) is 10.7 Å². The van der Waals surface area contributed by atoms with Crippen LogP contribution in [-0.2, 0) is 16.5 Å². The molecule has 9 heteroatoms. The Labute approximate surface area is 180 Å². The first-order valence-electron chi connectivity index (χ1n) is 10.9. The Morgan fingerprint density at radius 2 is 1.74 bits per heavy atom. The van der Waals surface area contributed by atoms with Gasteiger partial charge in [-0.25, -0.2) is 0 Å². The molecule has 1 aliphatic heterocycles. The van der Waals surface area contributed by atoms with E-state index in [2.05, 4.69) is 41.2 Å². The molecule has 31 heavy (non-hydrogen) atoms. The zero-order chi connectivity index (χ0) is 22.3. The molecular formula is C22H30F3N5O. The van der Waals surface area contributed by atoms with E-state index >= 15 is 0 Å². The minimum absolute atomic E-state index is 0.212. The number of tetrazole rings is 1. The quantitative estimate of drug-likeness (QED) is 0.710. The maximum atomic E-state index is 13.3. The Kier molecular flexibility index (Phi) is 5.85. The van der Waals surface area contributed by atoms with Gasteiger partial charge in [-0.05, 0) is 65.6 Å². The number of rotatable bonds is 3. The largest absolute Gasteiger partial charge is 0.416 e. The molecule has 6 nitrogen and oxygen atoms in total. The molecular weight excluding hydrogens is 407 g/mol. The van der Waals surface area contributed by atoms with Crippen LogP contribution in [0.3, 0.4) is 0 Å². The van der Waals surface area contributed by atoms with Crippen molar-refractivity contribution in [1.29, 1.82) is 0 Å². The van der Waals surface area contributed by atoms with Crippen LogP contribution in [0, 0.1) is 11.3 Å². The van der Waals surface area contributed by atoms with Gasteiger partial charge in [0.2, 0.25) is 0 Å². The highest BCUT2D eigenvalue weighted by atomic mass is 19.4. The van der Waals surface area contributed by atoms with E-state index < -0.39 is 17.3 Å². The van der Waals surface area contributed by atoms with E-state index in [4.69, 9.17) is 4.74 Å². The highest BCUT2D eigenvalue weighted by molar-refractivity contribution is 5.37. The summed E-state index contributed by atoms with van der Waals surface area (Å²) in [5, 5.41) is 12.4. The predicted molar refractivity (Wildman–Crippen MR) is 110 cm³/mol. The first-order chi connectivity index (χ1) is 14.6. The number of hydrogen-bond acceptors (Lipinski definition) is 5. The van der Waals surface area contributed by atoms with Crippen LogP contribution in [0.15, 0.2) is 24.3 Å². The number of nitrogens with zero attached hydrogens (tertiary/aromatic N) is 5. The number of morpholine rings is 1. The van der Waals surface area contributed by atoms with Gasteiger partial charge in [-0.1, -0.05) is 26.8 Å². The molecule has 0 amide bonds. The second-order valence-corrected chi connectivity index (χ2v) is 9.73. The monoisotopic (exact) mass is 437 g/mol. The van der Waals surface area contributed by atoms with Gasteiger partial charge < -0.3 is 4.74 Å². The summed E-state index contributed by atoms with van der Waals surface area (Å²) in [6, 6.07) is 5.22.